The fourth-order valence-electron chi connectivity index (χ4n) is 3.56. The maximum absolute atomic E-state index is 12.5. The summed E-state index contributed by atoms with van der Waals surface area (Å²) < 4.78 is 1.16. The largest absolute Gasteiger partial charge is 0.325 e. The van der Waals surface area contributed by atoms with E-state index in [9.17, 15) is 4.79 Å². The number of hydrogen-bond donors (Lipinski definition) is 1. The van der Waals surface area contributed by atoms with Crippen LogP contribution < -0.4 is 5.32 Å². The highest BCUT2D eigenvalue weighted by molar-refractivity contribution is 9.10. The zero-order valence-corrected chi connectivity index (χ0v) is 13.9. The van der Waals surface area contributed by atoms with Gasteiger partial charge in [-0.3, -0.25) is 4.79 Å². The van der Waals surface area contributed by atoms with E-state index in [0.29, 0.717) is 0 Å². The third kappa shape index (κ3) is 2.07. The normalized spacial score (nSPS) is 24.2. The van der Waals surface area contributed by atoms with Gasteiger partial charge >= 0.3 is 0 Å². The number of benzene rings is 1. The van der Waals surface area contributed by atoms with Crippen molar-refractivity contribution >= 4 is 43.5 Å². The molecule has 1 N–H and O–H groups in total. The average Bonchev–Trinajstić information content (AvgIpc) is 2.69. The van der Waals surface area contributed by atoms with Crippen molar-refractivity contribution in [3.05, 3.63) is 27.7 Å². The van der Waals surface area contributed by atoms with Gasteiger partial charge in [0.15, 0.2) is 0 Å². The molecule has 19 heavy (non-hydrogen) atoms. The molecule has 0 spiro atoms. The molecule has 1 atom stereocenters. The lowest BCUT2D eigenvalue weighted by Crippen LogP contribution is -2.37. The minimum Gasteiger partial charge on any atom is -0.325 e. The highest BCUT2D eigenvalue weighted by Crippen LogP contribution is 2.51. The molecule has 0 bridgehead atoms. The lowest BCUT2D eigenvalue weighted by Gasteiger charge is -2.33. The minimum atomic E-state index is -0.255. The summed E-state index contributed by atoms with van der Waals surface area (Å²) in [5.41, 5.74) is 3.42. The number of amides is 1. The predicted octanol–water partition coefficient (Wildman–Crippen LogP) is 4.54. The van der Waals surface area contributed by atoms with Crippen LogP contribution in [0.5, 0.6) is 0 Å². The number of hydrogen-bond acceptors (Lipinski definition) is 1. The maximum Gasteiger partial charge on any atom is 0.235 e. The van der Waals surface area contributed by atoms with E-state index in [-0.39, 0.29) is 11.3 Å². The third-order valence-corrected chi connectivity index (χ3v) is 5.74. The van der Waals surface area contributed by atoms with Crippen molar-refractivity contribution in [3.8, 4) is 0 Å². The molecule has 1 aromatic carbocycles. The van der Waals surface area contributed by atoms with Crippen molar-refractivity contribution in [1.29, 1.82) is 0 Å². The smallest absolute Gasteiger partial charge is 0.235 e. The van der Waals surface area contributed by atoms with Crippen LogP contribution in [-0.2, 0) is 16.6 Å². The third-order valence-electron chi connectivity index (χ3n) is 4.43. The molecular formula is C15H17Br2NO. The Balaban J connectivity index is 2.05. The highest BCUT2D eigenvalue weighted by Gasteiger charge is 2.49. The number of carbonyl (C=O) groups excluding carboxylic acids is 1. The second-order valence-electron chi connectivity index (χ2n) is 5.48. The molecule has 1 heterocycles. The van der Waals surface area contributed by atoms with Crippen LogP contribution in [0.4, 0.5) is 5.69 Å². The number of unbranched alkanes of at least 4 members (excludes halogenated alkanes) is 1. The van der Waals surface area contributed by atoms with E-state index in [4.69, 9.17) is 0 Å². The Labute approximate surface area is 130 Å². The van der Waals surface area contributed by atoms with Gasteiger partial charge in [-0.1, -0.05) is 38.3 Å². The first kappa shape index (κ1) is 13.6. The maximum atomic E-state index is 12.5. The molecule has 3 rings (SSSR count). The summed E-state index contributed by atoms with van der Waals surface area (Å²) in [7, 11) is 0. The van der Waals surface area contributed by atoms with Crippen molar-refractivity contribution < 1.29 is 4.79 Å². The Morgan fingerprint density at radius 3 is 2.95 bits per heavy atom. The summed E-state index contributed by atoms with van der Waals surface area (Å²) in [6, 6.07) is 4.10. The zero-order chi connectivity index (χ0) is 13.5. The van der Waals surface area contributed by atoms with Gasteiger partial charge < -0.3 is 5.32 Å². The summed E-state index contributed by atoms with van der Waals surface area (Å²) >= 11 is 7.13. The monoisotopic (exact) mass is 385 g/mol. The van der Waals surface area contributed by atoms with Crippen LogP contribution in [0.3, 0.4) is 0 Å². The van der Waals surface area contributed by atoms with Gasteiger partial charge in [0.25, 0.3) is 0 Å². The fraction of sp³-hybridized carbons (Fsp3) is 0.533. The summed E-state index contributed by atoms with van der Waals surface area (Å²) in [4.78, 5) is 12.5. The average molecular weight is 387 g/mol. The number of alkyl halides is 1. The van der Waals surface area contributed by atoms with Gasteiger partial charge in [-0.2, -0.15) is 0 Å². The summed E-state index contributed by atoms with van der Waals surface area (Å²) in [6.45, 7) is 0. The molecule has 1 aliphatic heterocycles. The van der Waals surface area contributed by atoms with E-state index >= 15 is 0 Å². The standard InChI is InChI=1S/C15H17Br2NO/c16-9-2-1-7-15-8-3-4-10-11(17)5-6-12(13(10)15)18-14(15)19/h5-6H,1-4,7-9H2,(H,18,19)/t15-/m0/s1. The van der Waals surface area contributed by atoms with Gasteiger partial charge in [-0.05, 0) is 55.4 Å². The summed E-state index contributed by atoms with van der Waals surface area (Å²) in [5.74, 6) is 0.219. The second-order valence-corrected chi connectivity index (χ2v) is 7.13. The predicted molar refractivity (Wildman–Crippen MR) is 85.0 cm³/mol. The molecule has 0 fully saturated rings. The van der Waals surface area contributed by atoms with Crippen molar-refractivity contribution in [2.24, 2.45) is 0 Å². The molecule has 4 heteroatoms. The molecule has 1 aromatic rings. The van der Waals surface area contributed by atoms with Gasteiger partial charge in [-0.15, -0.1) is 0 Å². The topological polar surface area (TPSA) is 29.1 Å². The molecule has 1 amide bonds. The van der Waals surface area contributed by atoms with Crippen LogP contribution >= 0.6 is 31.9 Å². The number of rotatable bonds is 4. The van der Waals surface area contributed by atoms with E-state index in [1.54, 1.807) is 0 Å². The Morgan fingerprint density at radius 1 is 1.32 bits per heavy atom. The lowest BCUT2D eigenvalue weighted by atomic mass is 9.68. The fourth-order valence-corrected chi connectivity index (χ4v) is 4.49. The minimum absolute atomic E-state index is 0.219. The number of halogens is 2. The van der Waals surface area contributed by atoms with Gasteiger partial charge in [-0.25, -0.2) is 0 Å². The van der Waals surface area contributed by atoms with Crippen LogP contribution in [0, 0.1) is 0 Å². The molecule has 0 saturated carbocycles. The lowest BCUT2D eigenvalue weighted by molar-refractivity contribution is -0.121. The van der Waals surface area contributed by atoms with Crippen LogP contribution in [0.1, 0.15) is 43.2 Å². The highest BCUT2D eigenvalue weighted by atomic mass is 79.9. The first-order valence-electron chi connectivity index (χ1n) is 6.88. The quantitative estimate of drug-likeness (QED) is 0.597. The molecule has 0 aromatic heterocycles. The van der Waals surface area contributed by atoms with Crippen molar-refractivity contribution in [1.82, 2.24) is 0 Å². The number of nitrogens with one attached hydrogen (secondary N) is 1. The van der Waals surface area contributed by atoms with E-state index in [2.05, 4.69) is 43.2 Å². The molecule has 0 unspecified atom stereocenters. The molecule has 0 radical (unpaired) electrons. The number of anilines is 1. The number of carbonyl (C=O) groups is 1. The summed E-state index contributed by atoms with van der Waals surface area (Å²) in [5, 5.41) is 4.12. The van der Waals surface area contributed by atoms with Crippen LogP contribution in [0.2, 0.25) is 0 Å². The first-order valence-corrected chi connectivity index (χ1v) is 8.80. The van der Waals surface area contributed by atoms with Crippen LogP contribution in [0.25, 0.3) is 0 Å². The van der Waals surface area contributed by atoms with Gasteiger partial charge in [0.1, 0.15) is 0 Å². The van der Waals surface area contributed by atoms with Crippen molar-refractivity contribution in [3.63, 3.8) is 0 Å². The molecule has 102 valence electrons. The first-order chi connectivity index (χ1) is 9.19. The van der Waals surface area contributed by atoms with Gasteiger partial charge in [0.05, 0.1) is 5.41 Å². The Morgan fingerprint density at radius 2 is 2.16 bits per heavy atom. The van der Waals surface area contributed by atoms with E-state index in [0.717, 1.165) is 54.0 Å². The van der Waals surface area contributed by atoms with Gasteiger partial charge in [0, 0.05) is 15.5 Å². The van der Waals surface area contributed by atoms with Crippen LogP contribution in [-0.4, -0.2) is 11.2 Å². The van der Waals surface area contributed by atoms with E-state index in [1.165, 1.54) is 11.1 Å². The second kappa shape index (κ2) is 5.21. The molecule has 2 aliphatic rings. The van der Waals surface area contributed by atoms with E-state index < -0.39 is 0 Å². The molecule has 0 saturated heterocycles. The van der Waals surface area contributed by atoms with Crippen LogP contribution in [0.15, 0.2) is 16.6 Å². The van der Waals surface area contributed by atoms with Crippen molar-refractivity contribution in [2.75, 3.05) is 10.6 Å². The molecular weight excluding hydrogens is 370 g/mol. The Kier molecular flexibility index (Phi) is 3.73. The van der Waals surface area contributed by atoms with Crippen molar-refractivity contribution in [2.45, 2.75) is 43.9 Å². The SMILES string of the molecule is O=C1Nc2ccc(Br)c3c2[C@]1(CCCCBr)CCC3. The molecule has 1 aliphatic carbocycles. The Bertz CT molecular complexity index is 529. The Hall–Kier alpha value is -0.350. The summed E-state index contributed by atoms with van der Waals surface area (Å²) in [6.07, 6.45) is 6.39. The van der Waals surface area contributed by atoms with E-state index in [1.807, 2.05) is 6.07 Å². The zero-order valence-electron chi connectivity index (χ0n) is 10.8. The van der Waals surface area contributed by atoms with Gasteiger partial charge in [0.2, 0.25) is 5.91 Å². The molecule has 2 nitrogen and oxygen atoms in total.